The number of halogens is 2. The molecule has 18 heavy (non-hydrogen) atoms. The third kappa shape index (κ3) is 4.17. The summed E-state index contributed by atoms with van der Waals surface area (Å²) < 4.78 is 5.19. The Morgan fingerprint density at radius 1 is 1.22 bits per heavy atom. The van der Waals surface area contributed by atoms with Gasteiger partial charge < -0.3 is 4.74 Å². The molecular weight excluding hydrogens is 312 g/mol. The molecule has 0 aliphatic rings. The van der Waals surface area contributed by atoms with Crippen LogP contribution in [0.25, 0.3) is 0 Å². The van der Waals surface area contributed by atoms with Gasteiger partial charge in [-0.15, -0.1) is 0 Å². The minimum absolute atomic E-state index is 0.329. The molecule has 1 rings (SSSR count). The molecule has 0 aliphatic heterocycles. The lowest BCUT2D eigenvalue weighted by molar-refractivity contribution is 0.413. The SMILES string of the molecule is CCCC(CCC)C(Br)c1ccc(OC)cc1Cl. The molecule has 0 amide bonds. The third-order valence-electron chi connectivity index (χ3n) is 3.24. The fourth-order valence-corrected chi connectivity index (χ4v) is 3.64. The van der Waals surface area contributed by atoms with Crippen LogP contribution in [0.3, 0.4) is 0 Å². The minimum atomic E-state index is 0.329. The number of rotatable bonds is 7. The van der Waals surface area contributed by atoms with Crippen LogP contribution < -0.4 is 4.74 Å². The second-order valence-electron chi connectivity index (χ2n) is 4.63. The molecule has 102 valence electrons. The second kappa shape index (κ2) is 8.06. The zero-order chi connectivity index (χ0) is 13.5. The average Bonchev–Trinajstić information content (AvgIpc) is 2.37. The maximum absolute atomic E-state index is 6.34. The summed E-state index contributed by atoms with van der Waals surface area (Å²) in [7, 11) is 1.66. The van der Waals surface area contributed by atoms with Crippen LogP contribution in [0.5, 0.6) is 5.75 Å². The van der Waals surface area contributed by atoms with Gasteiger partial charge in [0, 0.05) is 9.85 Å². The fourth-order valence-electron chi connectivity index (χ4n) is 2.29. The first kappa shape index (κ1) is 15.8. The van der Waals surface area contributed by atoms with E-state index in [1.165, 1.54) is 31.2 Å². The minimum Gasteiger partial charge on any atom is -0.497 e. The van der Waals surface area contributed by atoms with E-state index in [1.54, 1.807) is 7.11 Å². The Morgan fingerprint density at radius 3 is 2.28 bits per heavy atom. The lowest BCUT2D eigenvalue weighted by atomic mass is 9.91. The number of methoxy groups -OCH3 is 1. The number of ether oxygens (including phenoxy) is 1. The van der Waals surface area contributed by atoms with E-state index in [1.807, 2.05) is 12.1 Å². The van der Waals surface area contributed by atoms with Gasteiger partial charge in [0.05, 0.1) is 7.11 Å². The number of alkyl halides is 1. The van der Waals surface area contributed by atoms with Crippen LogP contribution in [-0.2, 0) is 0 Å². The molecule has 0 spiro atoms. The highest BCUT2D eigenvalue weighted by molar-refractivity contribution is 9.09. The van der Waals surface area contributed by atoms with E-state index in [-0.39, 0.29) is 0 Å². The predicted molar refractivity (Wildman–Crippen MR) is 83.0 cm³/mol. The van der Waals surface area contributed by atoms with Crippen molar-refractivity contribution in [1.82, 2.24) is 0 Å². The number of benzene rings is 1. The first-order valence-electron chi connectivity index (χ1n) is 6.61. The van der Waals surface area contributed by atoms with Crippen LogP contribution in [-0.4, -0.2) is 7.11 Å². The standard InChI is InChI=1S/C15H22BrClO/c1-4-6-11(7-5-2)15(16)13-9-8-12(18-3)10-14(13)17/h8-11,15H,4-7H2,1-3H3. The first-order valence-corrected chi connectivity index (χ1v) is 7.90. The highest BCUT2D eigenvalue weighted by Gasteiger charge is 2.21. The van der Waals surface area contributed by atoms with Crippen LogP contribution in [0.15, 0.2) is 18.2 Å². The maximum atomic E-state index is 6.34. The van der Waals surface area contributed by atoms with Crippen molar-refractivity contribution in [3.05, 3.63) is 28.8 Å². The second-order valence-corrected chi connectivity index (χ2v) is 6.02. The summed E-state index contributed by atoms with van der Waals surface area (Å²) in [5, 5.41) is 0.786. The van der Waals surface area contributed by atoms with Gasteiger partial charge in [-0.05, 0) is 36.5 Å². The quantitative estimate of drug-likeness (QED) is 0.556. The Morgan fingerprint density at radius 2 is 1.83 bits per heavy atom. The van der Waals surface area contributed by atoms with Crippen molar-refractivity contribution in [2.45, 2.75) is 44.4 Å². The molecule has 0 bridgehead atoms. The molecule has 0 heterocycles. The molecule has 1 atom stereocenters. The number of hydrogen-bond donors (Lipinski definition) is 0. The van der Waals surface area contributed by atoms with E-state index < -0.39 is 0 Å². The Hall–Kier alpha value is -0.210. The highest BCUT2D eigenvalue weighted by Crippen LogP contribution is 2.40. The molecule has 0 N–H and O–H groups in total. The lowest BCUT2D eigenvalue weighted by Crippen LogP contribution is -2.08. The normalized spacial score (nSPS) is 12.8. The van der Waals surface area contributed by atoms with Crippen molar-refractivity contribution in [1.29, 1.82) is 0 Å². The summed E-state index contributed by atoms with van der Waals surface area (Å²) in [5.41, 5.74) is 1.17. The predicted octanol–water partition coefficient (Wildman–Crippen LogP) is 6.00. The van der Waals surface area contributed by atoms with Gasteiger partial charge in [0.2, 0.25) is 0 Å². The van der Waals surface area contributed by atoms with Crippen LogP contribution in [0, 0.1) is 5.92 Å². The van der Waals surface area contributed by atoms with Gasteiger partial charge >= 0.3 is 0 Å². The molecule has 1 nitrogen and oxygen atoms in total. The van der Waals surface area contributed by atoms with Crippen LogP contribution in [0.1, 0.15) is 49.9 Å². The molecular formula is C15H22BrClO. The molecule has 0 saturated heterocycles. The van der Waals surface area contributed by atoms with Crippen LogP contribution in [0.2, 0.25) is 5.02 Å². The van der Waals surface area contributed by atoms with Gasteiger partial charge in [0.1, 0.15) is 5.75 Å². The van der Waals surface area contributed by atoms with E-state index in [0.29, 0.717) is 10.7 Å². The lowest BCUT2D eigenvalue weighted by Gasteiger charge is -2.23. The largest absolute Gasteiger partial charge is 0.497 e. The van der Waals surface area contributed by atoms with Crippen molar-refractivity contribution in [3.8, 4) is 5.75 Å². The smallest absolute Gasteiger partial charge is 0.120 e. The van der Waals surface area contributed by atoms with Crippen molar-refractivity contribution in [3.63, 3.8) is 0 Å². The van der Waals surface area contributed by atoms with E-state index >= 15 is 0 Å². The summed E-state index contributed by atoms with van der Waals surface area (Å²) in [6.07, 6.45) is 4.87. The Labute approximate surface area is 124 Å². The molecule has 0 aromatic heterocycles. The van der Waals surface area contributed by atoms with Gasteiger partial charge in [0.15, 0.2) is 0 Å². The van der Waals surface area contributed by atoms with Gasteiger partial charge in [-0.2, -0.15) is 0 Å². The van der Waals surface area contributed by atoms with Gasteiger partial charge in [-0.1, -0.05) is 60.3 Å². The van der Waals surface area contributed by atoms with Gasteiger partial charge in [0.25, 0.3) is 0 Å². The van der Waals surface area contributed by atoms with Gasteiger partial charge in [-0.3, -0.25) is 0 Å². The Bertz CT molecular complexity index is 362. The van der Waals surface area contributed by atoms with E-state index in [0.717, 1.165) is 10.8 Å². The molecule has 1 aromatic carbocycles. The zero-order valence-corrected chi connectivity index (χ0v) is 13.7. The average molecular weight is 334 g/mol. The van der Waals surface area contributed by atoms with E-state index in [2.05, 4.69) is 35.8 Å². The van der Waals surface area contributed by atoms with E-state index in [4.69, 9.17) is 16.3 Å². The van der Waals surface area contributed by atoms with Crippen molar-refractivity contribution < 1.29 is 4.74 Å². The molecule has 1 aromatic rings. The Balaban J connectivity index is 2.89. The van der Waals surface area contributed by atoms with Crippen molar-refractivity contribution in [2.75, 3.05) is 7.11 Å². The zero-order valence-electron chi connectivity index (χ0n) is 11.4. The topological polar surface area (TPSA) is 9.23 Å². The summed E-state index contributed by atoms with van der Waals surface area (Å²) in [4.78, 5) is 0.329. The van der Waals surface area contributed by atoms with E-state index in [9.17, 15) is 0 Å². The summed E-state index contributed by atoms with van der Waals surface area (Å²) in [6.45, 7) is 4.47. The van der Waals surface area contributed by atoms with Crippen LogP contribution >= 0.6 is 27.5 Å². The van der Waals surface area contributed by atoms with Crippen LogP contribution in [0.4, 0.5) is 0 Å². The number of hydrogen-bond acceptors (Lipinski definition) is 1. The fraction of sp³-hybridized carbons (Fsp3) is 0.600. The summed E-state index contributed by atoms with van der Waals surface area (Å²) in [5.74, 6) is 1.46. The summed E-state index contributed by atoms with van der Waals surface area (Å²) in [6, 6.07) is 5.93. The molecule has 0 fully saturated rings. The summed E-state index contributed by atoms with van der Waals surface area (Å²) >= 11 is 10.2. The van der Waals surface area contributed by atoms with Crippen molar-refractivity contribution >= 4 is 27.5 Å². The molecule has 0 aliphatic carbocycles. The molecule has 3 heteroatoms. The monoisotopic (exact) mass is 332 g/mol. The molecule has 0 saturated carbocycles. The highest BCUT2D eigenvalue weighted by atomic mass is 79.9. The first-order chi connectivity index (χ1) is 8.63. The third-order valence-corrected chi connectivity index (χ3v) is 4.81. The maximum Gasteiger partial charge on any atom is 0.120 e. The molecule has 0 radical (unpaired) electrons. The van der Waals surface area contributed by atoms with Gasteiger partial charge in [-0.25, -0.2) is 0 Å². The molecule has 1 unspecified atom stereocenters. The Kier molecular flexibility index (Phi) is 7.10. The van der Waals surface area contributed by atoms with Crippen molar-refractivity contribution in [2.24, 2.45) is 5.92 Å².